The number of aromatic nitrogens is 4. The Morgan fingerprint density at radius 2 is 2.08 bits per heavy atom. The summed E-state index contributed by atoms with van der Waals surface area (Å²) in [5.41, 5.74) is 3.27. The van der Waals surface area contributed by atoms with E-state index in [1.165, 1.54) is 16.8 Å². The highest BCUT2D eigenvalue weighted by atomic mass is 16.4. The van der Waals surface area contributed by atoms with E-state index in [1.54, 1.807) is 30.7 Å². The number of nitrogens with one attached hydrogen (secondary N) is 1. The van der Waals surface area contributed by atoms with E-state index >= 15 is 0 Å². The zero-order chi connectivity index (χ0) is 17.8. The van der Waals surface area contributed by atoms with Gasteiger partial charge < -0.3 is 10.4 Å². The molecule has 2 heterocycles. The van der Waals surface area contributed by atoms with Crippen LogP contribution in [0.15, 0.2) is 42.9 Å². The first-order valence-electron chi connectivity index (χ1n) is 7.40. The number of carboxylic acids is 1. The summed E-state index contributed by atoms with van der Waals surface area (Å²) in [5.74, 6) is -0.581. The van der Waals surface area contributed by atoms with E-state index in [2.05, 4.69) is 20.4 Å². The molecular formula is C17H14N6O2. The SMILES string of the molecule is Cc1cnc(Nc2cnn(CC#N)c2)nc1-c1ccc(C(=O)O)cc1. The van der Waals surface area contributed by atoms with Crippen LogP contribution in [0.5, 0.6) is 0 Å². The Balaban J connectivity index is 1.87. The van der Waals surface area contributed by atoms with Gasteiger partial charge in [-0.1, -0.05) is 12.1 Å². The van der Waals surface area contributed by atoms with Crippen LogP contribution in [-0.2, 0) is 6.54 Å². The fourth-order valence-electron chi connectivity index (χ4n) is 2.28. The third-order valence-corrected chi connectivity index (χ3v) is 3.50. The lowest BCUT2D eigenvalue weighted by Gasteiger charge is -2.08. The van der Waals surface area contributed by atoms with Crippen molar-refractivity contribution in [3.8, 4) is 17.3 Å². The first-order valence-corrected chi connectivity index (χ1v) is 7.40. The molecule has 0 bridgehead atoms. The molecule has 0 fully saturated rings. The van der Waals surface area contributed by atoms with E-state index < -0.39 is 5.97 Å². The third kappa shape index (κ3) is 3.61. The summed E-state index contributed by atoms with van der Waals surface area (Å²) < 4.78 is 1.50. The highest BCUT2D eigenvalue weighted by molar-refractivity contribution is 5.88. The number of carbonyl (C=O) groups is 1. The lowest BCUT2D eigenvalue weighted by molar-refractivity contribution is 0.0697. The molecule has 0 atom stereocenters. The molecule has 0 saturated heterocycles. The fraction of sp³-hybridized carbons (Fsp3) is 0.118. The van der Waals surface area contributed by atoms with E-state index in [0.29, 0.717) is 17.3 Å². The number of anilines is 2. The topological polar surface area (TPSA) is 117 Å². The monoisotopic (exact) mass is 334 g/mol. The molecule has 0 amide bonds. The molecule has 0 aliphatic carbocycles. The Morgan fingerprint density at radius 1 is 1.32 bits per heavy atom. The van der Waals surface area contributed by atoms with E-state index in [0.717, 1.165) is 11.1 Å². The van der Waals surface area contributed by atoms with Crippen molar-refractivity contribution in [1.82, 2.24) is 19.7 Å². The molecule has 0 saturated carbocycles. The summed E-state index contributed by atoms with van der Waals surface area (Å²) in [6, 6.07) is 8.52. The molecule has 0 aliphatic rings. The summed E-state index contributed by atoms with van der Waals surface area (Å²) in [5, 5.41) is 24.7. The van der Waals surface area contributed by atoms with Gasteiger partial charge in [0, 0.05) is 18.0 Å². The van der Waals surface area contributed by atoms with Crippen molar-refractivity contribution in [3.63, 3.8) is 0 Å². The summed E-state index contributed by atoms with van der Waals surface area (Å²) in [4.78, 5) is 19.7. The van der Waals surface area contributed by atoms with Crippen LogP contribution in [-0.4, -0.2) is 30.8 Å². The van der Waals surface area contributed by atoms with Gasteiger partial charge in [0.05, 0.1) is 29.2 Å². The molecule has 8 nitrogen and oxygen atoms in total. The van der Waals surface area contributed by atoms with Crippen molar-refractivity contribution >= 4 is 17.6 Å². The Morgan fingerprint density at radius 3 is 2.76 bits per heavy atom. The van der Waals surface area contributed by atoms with Crippen LogP contribution in [0.4, 0.5) is 11.6 Å². The Hall–Kier alpha value is -3.73. The molecule has 0 unspecified atom stereocenters. The molecule has 8 heteroatoms. The van der Waals surface area contributed by atoms with Gasteiger partial charge in [-0.15, -0.1) is 0 Å². The molecular weight excluding hydrogens is 320 g/mol. The Kier molecular flexibility index (Phi) is 4.39. The van der Waals surface area contributed by atoms with E-state index in [-0.39, 0.29) is 12.1 Å². The molecule has 0 radical (unpaired) electrons. The molecule has 0 spiro atoms. The second-order valence-corrected chi connectivity index (χ2v) is 5.32. The van der Waals surface area contributed by atoms with Crippen LogP contribution < -0.4 is 5.32 Å². The predicted molar refractivity (Wildman–Crippen MR) is 90.3 cm³/mol. The normalized spacial score (nSPS) is 10.2. The van der Waals surface area contributed by atoms with Gasteiger partial charge in [0.15, 0.2) is 0 Å². The maximum Gasteiger partial charge on any atom is 0.335 e. The van der Waals surface area contributed by atoms with Gasteiger partial charge in [-0.2, -0.15) is 10.4 Å². The number of benzene rings is 1. The molecule has 0 aliphatic heterocycles. The van der Waals surface area contributed by atoms with Gasteiger partial charge in [0.25, 0.3) is 0 Å². The van der Waals surface area contributed by atoms with Crippen molar-refractivity contribution in [3.05, 3.63) is 54.0 Å². The number of aromatic carboxylic acids is 1. The van der Waals surface area contributed by atoms with Crippen LogP contribution in [0.1, 0.15) is 15.9 Å². The number of hydrogen-bond donors (Lipinski definition) is 2. The molecule has 1 aromatic carbocycles. The van der Waals surface area contributed by atoms with Gasteiger partial charge in [0.2, 0.25) is 5.95 Å². The summed E-state index contributed by atoms with van der Waals surface area (Å²) in [7, 11) is 0. The maximum atomic E-state index is 11.0. The van der Waals surface area contributed by atoms with Gasteiger partial charge in [-0.3, -0.25) is 4.68 Å². The average molecular weight is 334 g/mol. The highest BCUT2D eigenvalue weighted by Crippen LogP contribution is 2.23. The molecule has 25 heavy (non-hydrogen) atoms. The lowest BCUT2D eigenvalue weighted by Crippen LogP contribution is -2.00. The lowest BCUT2D eigenvalue weighted by atomic mass is 10.1. The number of hydrogen-bond acceptors (Lipinski definition) is 6. The van der Waals surface area contributed by atoms with E-state index in [4.69, 9.17) is 10.4 Å². The van der Waals surface area contributed by atoms with E-state index in [9.17, 15) is 4.79 Å². The maximum absolute atomic E-state index is 11.0. The minimum absolute atomic E-state index is 0.164. The number of rotatable bonds is 5. The van der Waals surface area contributed by atoms with Gasteiger partial charge in [-0.25, -0.2) is 14.8 Å². The second-order valence-electron chi connectivity index (χ2n) is 5.32. The van der Waals surface area contributed by atoms with Gasteiger partial charge in [0.1, 0.15) is 6.54 Å². The quantitative estimate of drug-likeness (QED) is 0.736. The fourth-order valence-corrected chi connectivity index (χ4v) is 2.28. The van der Waals surface area contributed by atoms with Crippen LogP contribution in [0.25, 0.3) is 11.3 Å². The number of carboxylic acid groups (broad SMARTS) is 1. The zero-order valence-corrected chi connectivity index (χ0v) is 13.3. The van der Waals surface area contributed by atoms with Crippen molar-refractivity contribution in [2.45, 2.75) is 13.5 Å². The second kappa shape index (κ2) is 6.80. The van der Waals surface area contributed by atoms with Crippen molar-refractivity contribution in [1.29, 1.82) is 5.26 Å². The first kappa shape index (κ1) is 16.1. The Labute approximate surface area is 143 Å². The van der Waals surface area contributed by atoms with Crippen molar-refractivity contribution < 1.29 is 9.90 Å². The molecule has 3 aromatic rings. The first-order chi connectivity index (χ1) is 12.1. The van der Waals surface area contributed by atoms with Crippen molar-refractivity contribution in [2.75, 3.05) is 5.32 Å². The van der Waals surface area contributed by atoms with Crippen LogP contribution >= 0.6 is 0 Å². The number of aryl methyl sites for hydroxylation is 1. The average Bonchev–Trinajstić information content (AvgIpc) is 3.04. The number of nitrogens with zero attached hydrogens (tertiary/aromatic N) is 5. The predicted octanol–water partition coefficient (Wildman–Crippen LogP) is 2.61. The zero-order valence-electron chi connectivity index (χ0n) is 13.3. The van der Waals surface area contributed by atoms with E-state index in [1.807, 2.05) is 13.0 Å². The minimum atomic E-state index is -0.970. The Bertz CT molecular complexity index is 956. The largest absolute Gasteiger partial charge is 0.478 e. The molecule has 3 rings (SSSR count). The summed E-state index contributed by atoms with van der Waals surface area (Å²) >= 11 is 0. The van der Waals surface area contributed by atoms with Gasteiger partial charge in [-0.05, 0) is 24.6 Å². The minimum Gasteiger partial charge on any atom is -0.478 e. The summed E-state index contributed by atoms with van der Waals surface area (Å²) in [6.45, 7) is 2.05. The number of nitriles is 1. The molecule has 2 N–H and O–H groups in total. The van der Waals surface area contributed by atoms with Crippen molar-refractivity contribution in [2.24, 2.45) is 0 Å². The van der Waals surface area contributed by atoms with Crippen LogP contribution in [0, 0.1) is 18.3 Å². The third-order valence-electron chi connectivity index (χ3n) is 3.50. The molecule has 2 aromatic heterocycles. The van der Waals surface area contributed by atoms with Crippen LogP contribution in [0.3, 0.4) is 0 Å². The van der Waals surface area contributed by atoms with Crippen LogP contribution in [0.2, 0.25) is 0 Å². The standard InChI is InChI=1S/C17H14N6O2/c1-11-8-19-17(21-14-9-20-23(10-14)7-6-18)22-15(11)12-2-4-13(5-3-12)16(24)25/h2-5,8-10H,7H2,1H3,(H,24,25)(H,19,21,22). The van der Waals surface area contributed by atoms with Gasteiger partial charge >= 0.3 is 5.97 Å². The molecule has 124 valence electrons. The summed E-state index contributed by atoms with van der Waals surface area (Å²) in [6.07, 6.45) is 4.96. The highest BCUT2D eigenvalue weighted by Gasteiger charge is 2.09. The smallest absolute Gasteiger partial charge is 0.335 e.